The average molecular weight is 406 g/mol. The Hall–Kier alpha value is -2.61. The predicted molar refractivity (Wildman–Crippen MR) is 105 cm³/mol. The maximum absolute atomic E-state index is 12.7. The average Bonchev–Trinajstić information content (AvgIpc) is 3.06. The van der Waals surface area contributed by atoms with Gasteiger partial charge in [0.2, 0.25) is 11.8 Å². The van der Waals surface area contributed by atoms with Crippen LogP contribution >= 0.6 is 11.8 Å². The Morgan fingerprint density at radius 1 is 1.25 bits per heavy atom. The highest BCUT2D eigenvalue weighted by Gasteiger charge is 2.35. The van der Waals surface area contributed by atoms with Crippen molar-refractivity contribution in [2.75, 3.05) is 23.4 Å². The molecule has 0 radical (unpaired) electrons. The van der Waals surface area contributed by atoms with Crippen molar-refractivity contribution in [2.45, 2.75) is 24.0 Å². The molecule has 148 valence electrons. The molecule has 1 N–H and O–H groups in total. The Bertz CT molecular complexity index is 846. The molecule has 0 bridgehead atoms. The van der Waals surface area contributed by atoms with Gasteiger partial charge in [-0.25, -0.2) is 0 Å². The number of carbonyl (C=O) groups excluding carboxylic acids is 2. The number of halogens is 2. The van der Waals surface area contributed by atoms with E-state index in [1.807, 2.05) is 6.92 Å². The van der Waals surface area contributed by atoms with E-state index in [1.54, 1.807) is 47.4 Å². The SMILES string of the molecule is CCOc1ccc(N2CC(C(=O)Nc3ccccc3SC(F)F)CC2=O)cc1. The molecule has 1 saturated heterocycles. The van der Waals surface area contributed by atoms with Gasteiger partial charge in [-0.1, -0.05) is 23.9 Å². The summed E-state index contributed by atoms with van der Waals surface area (Å²) in [7, 11) is 0. The second kappa shape index (κ2) is 9.05. The van der Waals surface area contributed by atoms with Crippen LogP contribution < -0.4 is 15.0 Å². The Balaban J connectivity index is 1.67. The summed E-state index contributed by atoms with van der Waals surface area (Å²) < 4.78 is 30.8. The summed E-state index contributed by atoms with van der Waals surface area (Å²) in [6, 6.07) is 13.5. The first-order valence-electron chi connectivity index (χ1n) is 8.86. The molecule has 0 saturated carbocycles. The van der Waals surface area contributed by atoms with Crippen molar-refractivity contribution in [3.63, 3.8) is 0 Å². The predicted octanol–water partition coefficient (Wildman–Crippen LogP) is 4.39. The molecule has 3 rings (SSSR count). The first kappa shape index (κ1) is 20.1. The molecule has 0 spiro atoms. The lowest BCUT2D eigenvalue weighted by Gasteiger charge is -2.17. The number of amides is 2. The maximum atomic E-state index is 12.7. The van der Waals surface area contributed by atoms with E-state index in [9.17, 15) is 18.4 Å². The third-order valence-electron chi connectivity index (χ3n) is 4.32. The maximum Gasteiger partial charge on any atom is 0.288 e. The zero-order chi connectivity index (χ0) is 20.1. The molecule has 0 aliphatic carbocycles. The van der Waals surface area contributed by atoms with Crippen LogP contribution in [0, 0.1) is 5.92 Å². The van der Waals surface area contributed by atoms with Gasteiger partial charge >= 0.3 is 0 Å². The molecule has 8 heteroatoms. The third-order valence-corrected chi connectivity index (χ3v) is 5.10. The number of benzene rings is 2. The monoisotopic (exact) mass is 406 g/mol. The number of nitrogens with one attached hydrogen (secondary N) is 1. The molecule has 2 aromatic rings. The van der Waals surface area contributed by atoms with Gasteiger partial charge in [0.05, 0.1) is 18.2 Å². The molecule has 2 aromatic carbocycles. The first-order valence-corrected chi connectivity index (χ1v) is 9.73. The summed E-state index contributed by atoms with van der Waals surface area (Å²) in [4.78, 5) is 26.8. The fourth-order valence-electron chi connectivity index (χ4n) is 3.03. The highest BCUT2D eigenvalue weighted by atomic mass is 32.2. The molecule has 0 aromatic heterocycles. The van der Waals surface area contributed by atoms with Gasteiger partial charge in [0.25, 0.3) is 5.76 Å². The van der Waals surface area contributed by atoms with E-state index in [0.717, 1.165) is 0 Å². The molecule has 1 aliphatic heterocycles. The van der Waals surface area contributed by atoms with Crippen molar-refractivity contribution in [1.82, 2.24) is 0 Å². The van der Waals surface area contributed by atoms with Crippen molar-refractivity contribution < 1.29 is 23.1 Å². The number of carbonyl (C=O) groups is 2. The molecule has 5 nitrogen and oxygen atoms in total. The summed E-state index contributed by atoms with van der Waals surface area (Å²) in [5.74, 6) is -2.94. The molecule has 1 aliphatic rings. The van der Waals surface area contributed by atoms with E-state index < -0.39 is 11.7 Å². The third kappa shape index (κ3) is 4.81. The van der Waals surface area contributed by atoms with E-state index in [2.05, 4.69) is 5.32 Å². The minimum Gasteiger partial charge on any atom is -0.494 e. The first-order chi connectivity index (χ1) is 13.5. The van der Waals surface area contributed by atoms with Gasteiger partial charge in [-0.2, -0.15) is 8.78 Å². The lowest BCUT2D eigenvalue weighted by molar-refractivity contribution is -0.122. The van der Waals surface area contributed by atoms with Crippen molar-refractivity contribution >= 4 is 35.0 Å². The van der Waals surface area contributed by atoms with Crippen LogP contribution in [0.25, 0.3) is 0 Å². The minimum atomic E-state index is -2.58. The van der Waals surface area contributed by atoms with Gasteiger partial charge in [0.1, 0.15) is 5.75 Å². The lowest BCUT2D eigenvalue weighted by Crippen LogP contribution is -2.28. The number of alkyl halides is 2. The molecule has 1 atom stereocenters. The van der Waals surface area contributed by atoms with Gasteiger partial charge in [0, 0.05) is 23.5 Å². The molecule has 2 amide bonds. The van der Waals surface area contributed by atoms with E-state index in [4.69, 9.17) is 4.74 Å². The van der Waals surface area contributed by atoms with Crippen LogP contribution in [-0.4, -0.2) is 30.7 Å². The zero-order valence-electron chi connectivity index (χ0n) is 15.2. The van der Waals surface area contributed by atoms with E-state index in [-0.39, 0.29) is 24.8 Å². The van der Waals surface area contributed by atoms with Crippen molar-refractivity contribution in [1.29, 1.82) is 0 Å². The van der Waals surface area contributed by atoms with Crippen LogP contribution in [0.2, 0.25) is 0 Å². The zero-order valence-corrected chi connectivity index (χ0v) is 16.0. The fraction of sp³-hybridized carbons (Fsp3) is 0.300. The summed E-state index contributed by atoms with van der Waals surface area (Å²) in [5, 5.41) is 2.68. The smallest absolute Gasteiger partial charge is 0.288 e. The van der Waals surface area contributed by atoms with Gasteiger partial charge in [-0.05, 0) is 43.3 Å². The summed E-state index contributed by atoms with van der Waals surface area (Å²) in [6.07, 6.45) is 0.0726. The topological polar surface area (TPSA) is 58.6 Å². The molecule has 1 unspecified atom stereocenters. The fourth-order valence-corrected chi connectivity index (χ4v) is 3.62. The number of rotatable bonds is 7. The lowest BCUT2D eigenvalue weighted by atomic mass is 10.1. The Labute approximate surface area is 166 Å². The van der Waals surface area contributed by atoms with Crippen LogP contribution in [0.5, 0.6) is 5.75 Å². The highest BCUT2D eigenvalue weighted by Crippen LogP contribution is 2.33. The minimum absolute atomic E-state index is 0.0726. The second-order valence-electron chi connectivity index (χ2n) is 6.20. The van der Waals surface area contributed by atoms with Crippen LogP contribution in [0.4, 0.5) is 20.2 Å². The number of hydrogen-bond acceptors (Lipinski definition) is 4. The highest BCUT2D eigenvalue weighted by molar-refractivity contribution is 7.99. The Morgan fingerprint density at radius 3 is 2.64 bits per heavy atom. The molecular formula is C20H20F2N2O3S. The molecule has 1 heterocycles. The molecule has 28 heavy (non-hydrogen) atoms. The van der Waals surface area contributed by atoms with Crippen LogP contribution in [0.1, 0.15) is 13.3 Å². The van der Waals surface area contributed by atoms with E-state index >= 15 is 0 Å². The summed E-state index contributed by atoms with van der Waals surface area (Å²) >= 11 is 0.376. The second-order valence-corrected chi connectivity index (χ2v) is 7.23. The standard InChI is InChI=1S/C20H20F2N2O3S/c1-2-27-15-9-7-14(8-10-15)24-12-13(11-18(24)25)19(26)23-16-5-3-4-6-17(16)28-20(21)22/h3-10,13,20H,2,11-12H2,1H3,(H,23,26). The normalized spacial score (nSPS) is 16.5. The number of hydrogen-bond donors (Lipinski definition) is 1. The summed E-state index contributed by atoms with van der Waals surface area (Å²) in [6.45, 7) is 2.68. The van der Waals surface area contributed by atoms with Crippen molar-refractivity contribution in [3.05, 3.63) is 48.5 Å². The molecular weight excluding hydrogens is 386 g/mol. The number of para-hydroxylation sites is 1. The quantitative estimate of drug-likeness (QED) is 0.693. The van der Waals surface area contributed by atoms with E-state index in [0.29, 0.717) is 40.4 Å². The number of nitrogens with zero attached hydrogens (tertiary/aromatic N) is 1. The largest absolute Gasteiger partial charge is 0.494 e. The van der Waals surface area contributed by atoms with Gasteiger partial charge in [0.15, 0.2) is 0 Å². The van der Waals surface area contributed by atoms with Gasteiger partial charge in [-0.15, -0.1) is 0 Å². The van der Waals surface area contributed by atoms with Crippen LogP contribution in [0.3, 0.4) is 0 Å². The van der Waals surface area contributed by atoms with Crippen molar-refractivity contribution in [3.8, 4) is 5.75 Å². The summed E-state index contributed by atoms with van der Waals surface area (Å²) in [5.41, 5.74) is 1.02. The number of thioether (sulfide) groups is 1. The van der Waals surface area contributed by atoms with Crippen molar-refractivity contribution in [2.24, 2.45) is 5.92 Å². The molecule has 1 fully saturated rings. The number of anilines is 2. The van der Waals surface area contributed by atoms with Gasteiger partial charge in [-0.3, -0.25) is 9.59 Å². The Morgan fingerprint density at radius 2 is 1.96 bits per heavy atom. The van der Waals surface area contributed by atoms with Crippen LogP contribution in [-0.2, 0) is 9.59 Å². The van der Waals surface area contributed by atoms with E-state index in [1.165, 1.54) is 6.07 Å². The number of ether oxygens (including phenoxy) is 1. The van der Waals surface area contributed by atoms with Gasteiger partial charge < -0.3 is 15.0 Å². The van der Waals surface area contributed by atoms with Crippen LogP contribution in [0.15, 0.2) is 53.4 Å². The Kier molecular flexibility index (Phi) is 6.51.